The van der Waals surface area contributed by atoms with Crippen molar-refractivity contribution in [3.8, 4) is 5.95 Å². The number of nitrogens with zero attached hydrogens (tertiary/aromatic N) is 4. The topological polar surface area (TPSA) is 95.9 Å². The number of fused-ring (bicyclic) bond motifs is 1. The minimum absolute atomic E-state index is 0.464. The molecule has 1 atom stereocenters. The van der Waals surface area contributed by atoms with E-state index in [9.17, 15) is 4.21 Å². The van der Waals surface area contributed by atoms with Gasteiger partial charge in [-0.25, -0.2) is 15.0 Å². The van der Waals surface area contributed by atoms with Gasteiger partial charge in [0.15, 0.2) is 0 Å². The molecular weight excluding hydrogens is 314 g/mol. The molecule has 1 aromatic carbocycles. The Hall–Kier alpha value is -2.32. The molecule has 3 rings (SSSR count). The normalized spacial score (nSPS) is 12.6. The minimum Gasteiger partial charge on any atom is -0.397 e. The molecule has 0 aliphatic heterocycles. The van der Waals surface area contributed by atoms with E-state index in [-0.39, 0.29) is 0 Å². The molecule has 8 heteroatoms. The van der Waals surface area contributed by atoms with E-state index in [1.807, 2.05) is 6.07 Å². The SMILES string of the molecule is COCCc1nc(-n2ccnc2)nc2ccc(S(C)=O)c(N)c12. The van der Waals surface area contributed by atoms with Crippen molar-refractivity contribution in [2.45, 2.75) is 11.3 Å². The van der Waals surface area contributed by atoms with Gasteiger partial charge in [-0.2, -0.15) is 0 Å². The maximum Gasteiger partial charge on any atom is 0.235 e. The summed E-state index contributed by atoms with van der Waals surface area (Å²) >= 11 is 0. The van der Waals surface area contributed by atoms with Gasteiger partial charge in [0.05, 0.1) is 39.2 Å². The molecule has 0 saturated heterocycles. The summed E-state index contributed by atoms with van der Waals surface area (Å²) in [7, 11) is 0.463. The fraction of sp³-hybridized carbons (Fsp3) is 0.267. The quantitative estimate of drug-likeness (QED) is 0.709. The summed E-state index contributed by atoms with van der Waals surface area (Å²) in [5, 5.41) is 0.735. The largest absolute Gasteiger partial charge is 0.397 e. The van der Waals surface area contributed by atoms with Crippen molar-refractivity contribution in [1.29, 1.82) is 0 Å². The van der Waals surface area contributed by atoms with Gasteiger partial charge in [-0.15, -0.1) is 0 Å². The van der Waals surface area contributed by atoms with Crippen LogP contribution in [0.1, 0.15) is 5.69 Å². The summed E-state index contributed by atoms with van der Waals surface area (Å²) in [6.45, 7) is 0.508. The molecular formula is C15H17N5O2S. The van der Waals surface area contributed by atoms with E-state index >= 15 is 0 Å². The first kappa shape index (κ1) is 15.6. The van der Waals surface area contributed by atoms with E-state index < -0.39 is 10.8 Å². The van der Waals surface area contributed by atoms with Crippen molar-refractivity contribution in [3.05, 3.63) is 36.5 Å². The van der Waals surface area contributed by atoms with E-state index in [1.54, 1.807) is 42.7 Å². The lowest BCUT2D eigenvalue weighted by Crippen LogP contribution is -2.08. The average Bonchev–Trinajstić information content (AvgIpc) is 3.06. The third kappa shape index (κ3) is 2.95. The summed E-state index contributed by atoms with van der Waals surface area (Å²) in [6, 6.07) is 3.57. The number of benzene rings is 1. The molecule has 3 aromatic rings. The Morgan fingerprint density at radius 1 is 1.35 bits per heavy atom. The number of methoxy groups -OCH3 is 1. The van der Waals surface area contributed by atoms with E-state index in [1.165, 1.54) is 0 Å². The lowest BCUT2D eigenvalue weighted by molar-refractivity contribution is 0.201. The van der Waals surface area contributed by atoms with Crippen LogP contribution in [0.15, 0.2) is 35.7 Å². The standard InChI is InChI=1S/C15H17N5O2S/c1-22-8-5-11-13-10(3-4-12(14(13)16)23(2)21)18-15(19-11)20-7-6-17-9-20/h3-4,6-7,9H,5,8,16H2,1-2H3. The van der Waals surface area contributed by atoms with Crippen molar-refractivity contribution >= 4 is 27.4 Å². The van der Waals surface area contributed by atoms with Crippen LogP contribution >= 0.6 is 0 Å². The Bertz CT molecular complexity index is 864. The summed E-state index contributed by atoms with van der Waals surface area (Å²) in [5.41, 5.74) is 8.17. The monoisotopic (exact) mass is 331 g/mol. The average molecular weight is 331 g/mol. The molecule has 1 unspecified atom stereocenters. The van der Waals surface area contributed by atoms with Crippen molar-refractivity contribution < 1.29 is 8.95 Å². The number of anilines is 1. The van der Waals surface area contributed by atoms with Gasteiger partial charge >= 0.3 is 0 Å². The lowest BCUT2D eigenvalue weighted by Gasteiger charge is -2.12. The van der Waals surface area contributed by atoms with Crippen molar-refractivity contribution in [2.24, 2.45) is 0 Å². The first-order valence-electron chi connectivity index (χ1n) is 7.01. The van der Waals surface area contributed by atoms with Crippen LogP contribution in [0.4, 0.5) is 5.69 Å². The summed E-state index contributed by atoms with van der Waals surface area (Å²) in [6.07, 6.45) is 7.27. The van der Waals surface area contributed by atoms with Crippen molar-refractivity contribution in [2.75, 3.05) is 25.7 Å². The second-order valence-corrected chi connectivity index (χ2v) is 6.36. The van der Waals surface area contributed by atoms with Gasteiger partial charge in [-0.1, -0.05) is 0 Å². The molecule has 0 spiro atoms. The third-order valence-electron chi connectivity index (χ3n) is 3.52. The summed E-state index contributed by atoms with van der Waals surface area (Å²) in [5.74, 6) is 0.519. The zero-order valence-electron chi connectivity index (χ0n) is 12.9. The predicted octanol–water partition coefficient (Wildman–Crippen LogP) is 1.32. The smallest absolute Gasteiger partial charge is 0.235 e. The molecule has 2 N–H and O–H groups in total. The van der Waals surface area contributed by atoms with Crippen molar-refractivity contribution in [1.82, 2.24) is 19.5 Å². The molecule has 23 heavy (non-hydrogen) atoms. The number of aromatic nitrogens is 4. The highest BCUT2D eigenvalue weighted by atomic mass is 32.2. The molecule has 0 aliphatic rings. The van der Waals surface area contributed by atoms with Crippen LogP contribution in [0, 0.1) is 0 Å². The number of imidazole rings is 1. The zero-order chi connectivity index (χ0) is 16.4. The van der Waals surface area contributed by atoms with Gasteiger partial charge in [0, 0.05) is 37.6 Å². The number of hydrogen-bond donors (Lipinski definition) is 1. The van der Waals surface area contributed by atoms with Crippen LogP contribution < -0.4 is 5.73 Å². The number of ether oxygens (including phenoxy) is 1. The Labute approximate surface area is 136 Å². The van der Waals surface area contributed by atoms with E-state index in [4.69, 9.17) is 10.5 Å². The number of nitrogens with two attached hydrogens (primary N) is 1. The van der Waals surface area contributed by atoms with Gasteiger partial charge in [0.1, 0.15) is 6.33 Å². The van der Waals surface area contributed by atoms with E-state index in [2.05, 4.69) is 15.0 Å². The van der Waals surface area contributed by atoms with Crippen molar-refractivity contribution in [3.63, 3.8) is 0 Å². The molecule has 0 aliphatic carbocycles. The summed E-state index contributed by atoms with van der Waals surface area (Å²) < 4.78 is 18.7. The van der Waals surface area contributed by atoms with Crippen LogP contribution in [0.5, 0.6) is 0 Å². The second-order valence-electron chi connectivity index (χ2n) is 5.01. The highest BCUT2D eigenvalue weighted by molar-refractivity contribution is 7.84. The van der Waals surface area contributed by atoms with Crippen LogP contribution in [0.25, 0.3) is 16.9 Å². The van der Waals surface area contributed by atoms with Crippen LogP contribution in [-0.2, 0) is 22.0 Å². The van der Waals surface area contributed by atoms with E-state index in [0.717, 1.165) is 11.1 Å². The zero-order valence-corrected chi connectivity index (χ0v) is 13.7. The number of hydrogen-bond acceptors (Lipinski definition) is 6. The Balaban J connectivity index is 2.26. The number of nitrogen functional groups attached to an aromatic ring is 1. The fourth-order valence-corrected chi connectivity index (χ4v) is 3.09. The second kappa shape index (κ2) is 6.43. The predicted molar refractivity (Wildman–Crippen MR) is 89.0 cm³/mol. The lowest BCUT2D eigenvalue weighted by atomic mass is 10.1. The molecule has 120 valence electrons. The van der Waals surface area contributed by atoms with Crippen LogP contribution in [0.3, 0.4) is 0 Å². The molecule has 0 bridgehead atoms. The fourth-order valence-electron chi connectivity index (χ4n) is 2.42. The highest BCUT2D eigenvalue weighted by Crippen LogP contribution is 2.29. The maximum absolute atomic E-state index is 11.8. The third-order valence-corrected chi connectivity index (χ3v) is 4.49. The minimum atomic E-state index is -1.17. The van der Waals surface area contributed by atoms with Gasteiger partial charge in [-0.05, 0) is 12.1 Å². The molecule has 7 nitrogen and oxygen atoms in total. The Morgan fingerprint density at radius 3 is 2.83 bits per heavy atom. The summed E-state index contributed by atoms with van der Waals surface area (Å²) in [4.78, 5) is 13.7. The van der Waals surface area contributed by atoms with Gasteiger partial charge in [-0.3, -0.25) is 8.78 Å². The first-order valence-corrected chi connectivity index (χ1v) is 8.57. The molecule has 0 saturated carbocycles. The van der Waals surface area contributed by atoms with Gasteiger partial charge < -0.3 is 10.5 Å². The highest BCUT2D eigenvalue weighted by Gasteiger charge is 2.15. The van der Waals surface area contributed by atoms with Crippen LogP contribution in [0.2, 0.25) is 0 Å². The molecule has 0 fully saturated rings. The van der Waals surface area contributed by atoms with Gasteiger partial charge in [0.2, 0.25) is 5.95 Å². The Morgan fingerprint density at radius 2 is 2.17 bits per heavy atom. The molecule has 2 aromatic heterocycles. The Kier molecular flexibility index (Phi) is 4.35. The first-order chi connectivity index (χ1) is 11.1. The van der Waals surface area contributed by atoms with Crippen LogP contribution in [-0.4, -0.2) is 43.7 Å². The molecule has 0 amide bonds. The number of rotatable bonds is 5. The molecule has 0 radical (unpaired) electrons. The molecule has 2 heterocycles. The van der Waals surface area contributed by atoms with E-state index in [0.29, 0.717) is 35.1 Å². The van der Waals surface area contributed by atoms with Gasteiger partial charge in [0.25, 0.3) is 0 Å². The maximum atomic E-state index is 11.8.